The van der Waals surface area contributed by atoms with Gasteiger partial charge >= 0.3 is 0 Å². The molecule has 8 heteroatoms. The lowest BCUT2D eigenvalue weighted by molar-refractivity contribution is -0.178. The van der Waals surface area contributed by atoms with Gasteiger partial charge in [-0.2, -0.15) is 0 Å². The zero-order valence-corrected chi connectivity index (χ0v) is 17.7. The largest absolute Gasteiger partial charge is 0.306 e. The van der Waals surface area contributed by atoms with Crippen LogP contribution < -0.4 is 5.43 Å². The summed E-state index contributed by atoms with van der Waals surface area (Å²) in [6.07, 6.45) is 7.22. The highest BCUT2D eigenvalue weighted by atomic mass is 16.1. The number of piperazine rings is 1. The van der Waals surface area contributed by atoms with E-state index in [2.05, 4.69) is 50.1 Å². The number of amidine groups is 1. The first-order valence-electron chi connectivity index (χ1n) is 11.1. The molecule has 8 nitrogen and oxygen atoms in total. The van der Waals surface area contributed by atoms with Gasteiger partial charge in [-0.15, -0.1) is 0 Å². The van der Waals surface area contributed by atoms with Crippen LogP contribution in [-0.4, -0.2) is 108 Å². The van der Waals surface area contributed by atoms with E-state index in [0.29, 0.717) is 0 Å². The predicted molar refractivity (Wildman–Crippen MR) is 113 cm³/mol. The van der Waals surface area contributed by atoms with E-state index >= 15 is 0 Å². The Bertz CT molecular complexity index is 748. The summed E-state index contributed by atoms with van der Waals surface area (Å²) in [6, 6.07) is 0. The SMILES string of the molecule is CCN1CCN(C2(N3CC(C=O)C3)C3=C(CCN(C)CC3)N=C3C=CNN32)CC1. The van der Waals surface area contributed by atoms with Gasteiger partial charge in [-0.1, -0.05) is 6.92 Å². The van der Waals surface area contributed by atoms with E-state index in [9.17, 15) is 4.79 Å². The molecule has 0 bridgehead atoms. The van der Waals surface area contributed by atoms with Crippen molar-refractivity contribution in [3.05, 3.63) is 23.5 Å². The number of aliphatic imine (C=N–C) groups is 1. The van der Waals surface area contributed by atoms with E-state index in [1.165, 1.54) is 11.3 Å². The van der Waals surface area contributed by atoms with Gasteiger partial charge in [-0.25, -0.2) is 10.0 Å². The molecule has 0 spiro atoms. The molecule has 29 heavy (non-hydrogen) atoms. The standard InChI is InChI=1S/C21H33N7O/c1-3-25-10-12-26(13-11-25)21(27-14-17(15-27)16-29)18-5-8-24(2)9-6-19(18)23-20-4-7-22-28(20)21/h4,7,16-17,22H,3,5-6,8-15H2,1-2H3. The average molecular weight is 400 g/mol. The first-order chi connectivity index (χ1) is 14.2. The number of hydrazine groups is 1. The lowest BCUT2D eigenvalue weighted by atomic mass is 9.89. The third-order valence-corrected chi connectivity index (χ3v) is 7.26. The Morgan fingerprint density at radius 1 is 1.14 bits per heavy atom. The van der Waals surface area contributed by atoms with Gasteiger partial charge in [-0.3, -0.25) is 9.80 Å². The van der Waals surface area contributed by atoms with Crippen molar-refractivity contribution >= 4 is 12.1 Å². The van der Waals surface area contributed by atoms with E-state index in [4.69, 9.17) is 4.99 Å². The molecule has 0 aromatic carbocycles. The smallest absolute Gasteiger partial charge is 0.196 e. The highest BCUT2D eigenvalue weighted by molar-refractivity contribution is 5.96. The molecule has 2 saturated heterocycles. The van der Waals surface area contributed by atoms with Gasteiger partial charge in [0.15, 0.2) is 11.6 Å². The van der Waals surface area contributed by atoms with Crippen molar-refractivity contribution in [1.29, 1.82) is 0 Å². The third-order valence-electron chi connectivity index (χ3n) is 7.26. The first kappa shape index (κ1) is 19.2. The van der Waals surface area contributed by atoms with Gasteiger partial charge in [0, 0.05) is 88.2 Å². The van der Waals surface area contributed by atoms with E-state index in [-0.39, 0.29) is 11.7 Å². The number of likely N-dealkylation sites (tertiary alicyclic amines) is 1. The molecule has 5 aliphatic rings. The molecule has 158 valence electrons. The Labute approximate surface area is 173 Å². The van der Waals surface area contributed by atoms with E-state index in [1.54, 1.807) is 0 Å². The van der Waals surface area contributed by atoms with Crippen LogP contribution in [-0.2, 0) is 4.79 Å². The van der Waals surface area contributed by atoms with Crippen LogP contribution >= 0.6 is 0 Å². The van der Waals surface area contributed by atoms with Crippen LogP contribution in [0.2, 0.25) is 0 Å². The monoisotopic (exact) mass is 399 g/mol. The molecular formula is C21H33N7O. The Morgan fingerprint density at radius 2 is 1.90 bits per heavy atom. The molecular weight excluding hydrogens is 366 g/mol. The summed E-state index contributed by atoms with van der Waals surface area (Å²) < 4.78 is 0. The summed E-state index contributed by atoms with van der Waals surface area (Å²) in [4.78, 5) is 26.6. The topological polar surface area (TPSA) is 57.7 Å². The number of likely N-dealkylation sites (N-methyl/N-ethyl adjacent to an activating group) is 1. The maximum atomic E-state index is 11.5. The number of rotatable bonds is 4. The molecule has 0 amide bonds. The highest BCUT2D eigenvalue weighted by Gasteiger charge is 2.58. The van der Waals surface area contributed by atoms with Gasteiger partial charge in [0.25, 0.3) is 0 Å². The van der Waals surface area contributed by atoms with Crippen molar-refractivity contribution in [2.24, 2.45) is 10.9 Å². The molecule has 2 fully saturated rings. The molecule has 0 aliphatic carbocycles. The van der Waals surface area contributed by atoms with E-state index in [0.717, 1.165) is 83.9 Å². The molecule has 5 aliphatic heterocycles. The average Bonchev–Trinajstić information content (AvgIpc) is 3.10. The number of nitrogens with zero attached hydrogens (tertiary/aromatic N) is 6. The summed E-state index contributed by atoms with van der Waals surface area (Å²) in [6.45, 7) is 11.3. The molecule has 0 aromatic heterocycles. The van der Waals surface area contributed by atoms with Crippen molar-refractivity contribution in [1.82, 2.24) is 30.0 Å². The van der Waals surface area contributed by atoms with Crippen LogP contribution in [0.1, 0.15) is 19.8 Å². The molecule has 5 rings (SSSR count). The first-order valence-corrected chi connectivity index (χ1v) is 11.1. The minimum atomic E-state index is -0.361. The van der Waals surface area contributed by atoms with Crippen LogP contribution in [0.4, 0.5) is 0 Å². The van der Waals surface area contributed by atoms with Gasteiger partial charge in [0.2, 0.25) is 0 Å². The maximum absolute atomic E-state index is 11.5. The van der Waals surface area contributed by atoms with Gasteiger partial charge < -0.3 is 20.0 Å². The summed E-state index contributed by atoms with van der Waals surface area (Å²) in [5.74, 6) is 0.778. The Morgan fingerprint density at radius 3 is 2.62 bits per heavy atom. The molecule has 1 atom stereocenters. The third kappa shape index (κ3) is 2.96. The normalized spacial score (nSPS) is 32.3. The minimum Gasteiger partial charge on any atom is -0.306 e. The van der Waals surface area contributed by atoms with Crippen molar-refractivity contribution in [2.45, 2.75) is 25.6 Å². The van der Waals surface area contributed by atoms with E-state index < -0.39 is 0 Å². The van der Waals surface area contributed by atoms with Crippen LogP contribution in [0.25, 0.3) is 0 Å². The predicted octanol–water partition coefficient (Wildman–Crippen LogP) is 0.134. The number of hydrogen-bond acceptors (Lipinski definition) is 8. The van der Waals surface area contributed by atoms with E-state index in [1.807, 2.05) is 6.20 Å². The summed E-state index contributed by atoms with van der Waals surface area (Å²) in [7, 11) is 2.21. The number of nitrogens with one attached hydrogen (secondary N) is 1. The van der Waals surface area contributed by atoms with Crippen molar-refractivity contribution in [2.75, 3.05) is 66.0 Å². The summed E-state index contributed by atoms with van der Waals surface area (Å²) in [5, 5.41) is 2.28. The molecule has 1 N–H and O–H groups in total. The van der Waals surface area contributed by atoms with Crippen LogP contribution in [0, 0.1) is 5.92 Å². The summed E-state index contributed by atoms with van der Waals surface area (Å²) >= 11 is 0. The molecule has 1 unspecified atom stereocenters. The number of carbonyl (C=O) groups is 1. The maximum Gasteiger partial charge on any atom is 0.196 e. The van der Waals surface area contributed by atoms with Crippen LogP contribution in [0.5, 0.6) is 0 Å². The lowest BCUT2D eigenvalue weighted by Crippen LogP contribution is -2.79. The Kier molecular flexibility index (Phi) is 4.98. The second-order valence-corrected chi connectivity index (χ2v) is 8.85. The zero-order valence-electron chi connectivity index (χ0n) is 17.7. The molecule has 0 saturated carbocycles. The lowest BCUT2D eigenvalue weighted by Gasteiger charge is -2.62. The second-order valence-electron chi connectivity index (χ2n) is 8.85. The fourth-order valence-electron chi connectivity index (χ4n) is 5.52. The van der Waals surface area contributed by atoms with Crippen molar-refractivity contribution in [3.63, 3.8) is 0 Å². The molecule has 0 radical (unpaired) electrons. The van der Waals surface area contributed by atoms with Gasteiger partial charge in [0.05, 0.1) is 0 Å². The molecule has 0 aromatic rings. The number of fused-ring (bicyclic) bond motifs is 1. The number of aldehydes is 1. The zero-order chi connectivity index (χ0) is 20.0. The minimum absolute atomic E-state index is 0.138. The number of hydrogen-bond donors (Lipinski definition) is 1. The Hall–Kier alpha value is -1.74. The van der Waals surface area contributed by atoms with Crippen LogP contribution in [0.3, 0.4) is 0 Å². The second kappa shape index (κ2) is 7.50. The Balaban J connectivity index is 1.58. The number of carbonyl (C=O) groups excluding carboxylic acids is 1. The quantitative estimate of drug-likeness (QED) is 0.675. The highest BCUT2D eigenvalue weighted by Crippen LogP contribution is 2.45. The van der Waals surface area contributed by atoms with Crippen molar-refractivity contribution in [3.8, 4) is 0 Å². The van der Waals surface area contributed by atoms with Crippen LogP contribution in [0.15, 0.2) is 28.5 Å². The van der Waals surface area contributed by atoms with Gasteiger partial charge in [-0.05, 0) is 20.0 Å². The molecule has 5 heterocycles. The fraction of sp³-hybridized carbons (Fsp3) is 0.714. The van der Waals surface area contributed by atoms with Crippen molar-refractivity contribution < 1.29 is 4.79 Å². The summed E-state index contributed by atoms with van der Waals surface area (Å²) in [5.41, 5.74) is 6.19. The fourth-order valence-corrected chi connectivity index (χ4v) is 5.52. The van der Waals surface area contributed by atoms with Gasteiger partial charge in [0.1, 0.15) is 6.29 Å².